The zero-order valence-electron chi connectivity index (χ0n) is 18.7. The average Bonchev–Trinajstić information content (AvgIpc) is 3.50. The van der Waals surface area contributed by atoms with Crippen LogP contribution in [0, 0.1) is 6.92 Å². The van der Waals surface area contributed by atoms with Crippen LogP contribution in [0.1, 0.15) is 11.5 Å². The van der Waals surface area contributed by atoms with E-state index < -0.39 is 11.7 Å². The third kappa shape index (κ3) is 4.59. The van der Waals surface area contributed by atoms with E-state index in [1.807, 2.05) is 48.7 Å². The van der Waals surface area contributed by atoms with Gasteiger partial charge in [0.1, 0.15) is 11.5 Å². The molecule has 176 valence electrons. The zero-order chi connectivity index (χ0) is 24.6. The van der Waals surface area contributed by atoms with E-state index in [1.165, 1.54) is 12.1 Å². The Hall–Kier alpha value is -3.85. The van der Waals surface area contributed by atoms with Gasteiger partial charge < -0.3 is 4.52 Å². The average molecular weight is 493 g/mol. The number of nitrogens with zero attached hydrogens (tertiary/aromatic N) is 4. The summed E-state index contributed by atoms with van der Waals surface area (Å²) in [5, 5.41) is 3.88. The van der Waals surface area contributed by atoms with Crippen LogP contribution in [0.15, 0.2) is 88.4 Å². The predicted octanol–water partition coefficient (Wildman–Crippen LogP) is 7.31. The third-order valence-electron chi connectivity index (χ3n) is 5.48. The lowest BCUT2D eigenvalue weighted by Crippen LogP contribution is -2.08. The smallest absolute Gasteiger partial charge is 0.339 e. The van der Waals surface area contributed by atoms with E-state index in [2.05, 4.69) is 21.2 Å². The number of benzene rings is 3. The van der Waals surface area contributed by atoms with Crippen LogP contribution < -0.4 is 0 Å². The first-order chi connectivity index (χ1) is 16.8. The molecule has 5 nitrogen and oxygen atoms in total. The van der Waals surface area contributed by atoms with Gasteiger partial charge in [0.2, 0.25) is 11.7 Å². The van der Waals surface area contributed by atoms with Crippen molar-refractivity contribution < 1.29 is 17.7 Å². The first kappa shape index (κ1) is 22.9. The Bertz CT molecular complexity index is 1490. The van der Waals surface area contributed by atoms with Gasteiger partial charge in [0.25, 0.3) is 0 Å². The van der Waals surface area contributed by atoms with E-state index >= 15 is 0 Å². The number of aromatic nitrogens is 4. The van der Waals surface area contributed by atoms with Crippen molar-refractivity contribution in [2.24, 2.45) is 0 Å². The number of rotatable bonds is 5. The number of aryl methyl sites for hydroxylation is 1. The maximum atomic E-state index is 13.8. The van der Waals surface area contributed by atoms with Gasteiger partial charge in [0, 0.05) is 29.3 Å². The van der Waals surface area contributed by atoms with Crippen molar-refractivity contribution in [1.82, 2.24) is 19.7 Å². The number of imidazole rings is 1. The molecule has 0 bridgehead atoms. The Balaban J connectivity index is 1.64. The van der Waals surface area contributed by atoms with Gasteiger partial charge in [-0.15, -0.1) is 11.8 Å². The molecule has 2 heterocycles. The summed E-state index contributed by atoms with van der Waals surface area (Å²) in [6.07, 6.45) is -0.900. The molecule has 5 rings (SSSR count). The second-order valence-corrected chi connectivity index (χ2v) is 8.66. The van der Waals surface area contributed by atoms with Gasteiger partial charge in [-0.25, -0.2) is 4.98 Å². The zero-order valence-corrected chi connectivity index (χ0v) is 19.6. The van der Waals surface area contributed by atoms with Crippen LogP contribution in [-0.2, 0) is 6.18 Å². The van der Waals surface area contributed by atoms with Gasteiger partial charge in [0.05, 0.1) is 5.56 Å². The normalized spacial score (nSPS) is 11.7. The first-order valence-electron chi connectivity index (χ1n) is 10.6. The summed E-state index contributed by atoms with van der Waals surface area (Å²) in [6, 6.07) is 21.1. The molecule has 0 aliphatic heterocycles. The van der Waals surface area contributed by atoms with Crippen molar-refractivity contribution in [3.05, 3.63) is 90.4 Å². The number of hydrogen-bond acceptors (Lipinski definition) is 5. The molecule has 35 heavy (non-hydrogen) atoms. The highest BCUT2D eigenvalue weighted by atomic mass is 32.2. The molecule has 0 spiro atoms. The predicted molar refractivity (Wildman–Crippen MR) is 129 cm³/mol. The Morgan fingerprint density at radius 2 is 1.66 bits per heavy atom. The highest BCUT2D eigenvalue weighted by Gasteiger charge is 2.35. The van der Waals surface area contributed by atoms with Crippen molar-refractivity contribution in [3.8, 4) is 39.7 Å². The SMILES string of the molecule is CSc1cccc(-c2ccc(-n3cc(-c4noc(C)n4)nc3-c3ccccc3C(F)(F)F)cc2)c1. The van der Waals surface area contributed by atoms with Crippen LogP contribution in [-0.4, -0.2) is 25.9 Å². The van der Waals surface area contributed by atoms with E-state index in [1.54, 1.807) is 35.5 Å². The molecule has 0 saturated heterocycles. The minimum absolute atomic E-state index is 0.0387. The Morgan fingerprint density at radius 3 is 2.34 bits per heavy atom. The molecular weight excluding hydrogens is 473 g/mol. The summed E-state index contributed by atoms with van der Waals surface area (Å²) in [5.74, 6) is 0.675. The van der Waals surface area contributed by atoms with Crippen LogP contribution in [0.25, 0.3) is 39.7 Å². The lowest BCUT2D eigenvalue weighted by atomic mass is 10.0. The molecular formula is C26H19F3N4OS. The number of hydrogen-bond donors (Lipinski definition) is 0. The van der Waals surface area contributed by atoms with Gasteiger partial charge in [0.15, 0.2) is 0 Å². The summed E-state index contributed by atoms with van der Waals surface area (Å²) in [5.41, 5.74) is 2.21. The molecule has 0 aliphatic carbocycles. The molecule has 0 aliphatic rings. The fourth-order valence-corrected chi connectivity index (χ4v) is 4.28. The van der Waals surface area contributed by atoms with E-state index in [0.29, 0.717) is 17.3 Å². The molecule has 0 amide bonds. The quantitative estimate of drug-likeness (QED) is 0.241. The molecule has 0 radical (unpaired) electrons. The molecule has 0 unspecified atom stereocenters. The fraction of sp³-hybridized carbons (Fsp3) is 0.115. The second-order valence-electron chi connectivity index (χ2n) is 7.78. The highest BCUT2D eigenvalue weighted by Crippen LogP contribution is 2.38. The summed E-state index contributed by atoms with van der Waals surface area (Å²) in [6.45, 7) is 1.64. The van der Waals surface area contributed by atoms with Crippen LogP contribution >= 0.6 is 11.8 Å². The van der Waals surface area contributed by atoms with E-state index in [-0.39, 0.29) is 17.2 Å². The lowest BCUT2D eigenvalue weighted by Gasteiger charge is -2.14. The lowest BCUT2D eigenvalue weighted by molar-refractivity contribution is -0.137. The molecule has 0 fully saturated rings. The van der Waals surface area contributed by atoms with E-state index in [0.717, 1.165) is 22.1 Å². The molecule has 2 aromatic heterocycles. The van der Waals surface area contributed by atoms with Crippen molar-refractivity contribution >= 4 is 11.8 Å². The number of alkyl halides is 3. The first-order valence-corrected chi connectivity index (χ1v) is 11.9. The molecule has 9 heteroatoms. The number of thioether (sulfide) groups is 1. The Labute approximate surface area is 203 Å². The standard InChI is InChI=1S/C26H19F3N4OS/c1-16-30-24(32-34-16)23-15-33(25(31-23)21-8-3-4-9-22(21)26(27,28)29)19-12-10-17(11-13-19)18-6-5-7-20(14-18)35-2/h3-15H,1-2H3. The Kier molecular flexibility index (Phi) is 5.94. The van der Waals surface area contributed by atoms with Gasteiger partial charge in [-0.05, 0) is 47.7 Å². The largest absolute Gasteiger partial charge is 0.417 e. The summed E-state index contributed by atoms with van der Waals surface area (Å²) < 4.78 is 48.1. The second kappa shape index (κ2) is 9.07. The van der Waals surface area contributed by atoms with Crippen molar-refractivity contribution in [2.75, 3.05) is 6.26 Å². The molecule has 5 aromatic rings. The van der Waals surface area contributed by atoms with Crippen molar-refractivity contribution in [3.63, 3.8) is 0 Å². The topological polar surface area (TPSA) is 56.7 Å². The number of halogens is 3. The van der Waals surface area contributed by atoms with Crippen LogP contribution in [0.2, 0.25) is 0 Å². The molecule has 0 atom stereocenters. The summed E-state index contributed by atoms with van der Waals surface area (Å²) in [7, 11) is 0. The van der Waals surface area contributed by atoms with Gasteiger partial charge in [-0.2, -0.15) is 18.2 Å². The summed E-state index contributed by atoms with van der Waals surface area (Å²) in [4.78, 5) is 9.82. The van der Waals surface area contributed by atoms with E-state index in [4.69, 9.17) is 4.52 Å². The Morgan fingerprint density at radius 1 is 0.886 bits per heavy atom. The molecule has 0 N–H and O–H groups in total. The van der Waals surface area contributed by atoms with Gasteiger partial charge in [-0.1, -0.05) is 47.6 Å². The minimum Gasteiger partial charge on any atom is -0.339 e. The molecule has 0 saturated carbocycles. The van der Waals surface area contributed by atoms with Crippen molar-refractivity contribution in [2.45, 2.75) is 18.0 Å². The minimum atomic E-state index is -4.54. The van der Waals surface area contributed by atoms with Crippen molar-refractivity contribution in [1.29, 1.82) is 0 Å². The molecule has 3 aromatic carbocycles. The van der Waals surface area contributed by atoms with Gasteiger partial charge in [-0.3, -0.25) is 4.57 Å². The van der Waals surface area contributed by atoms with Crippen LogP contribution in [0.4, 0.5) is 13.2 Å². The fourth-order valence-electron chi connectivity index (χ4n) is 3.82. The highest BCUT2D eigenvalue weighted by molar-refractivity contribution is 7.98. The van der Waals surface area contributed by atoms with E-state index in [9.17, 15) is 13.2 Å². The maximum absolute atomic E-state index is 13.8. The van der Waals surface area contributed by atoms with Crippen LogP contribution in [0.5, 0.6) is 0 Å². The third-order valence-corrected chi connectivity index (χ3v) is 6.21. The maximum Gasteiger partial charge on any atom is 0.417 e. The summed E-state index contributed by atoms with van der Waals surface area (Å²) >= 11 is 1.66. The van der Waals surface area contributed by atoms with Crippen LogP contribution in [0.3, 0.4) is 0 Å². The monoisotopic (exact) mass is 492 g/mol. The van der Waals surface area contributed by atoms with Gasteiger partial charge >= 0.3 is 6.18 Å².